The van der Waals surface area contributed by atoms with E-state index in [4.69, 9.17) is 34.8 Å². The second kappa shape index (κ2) is 33.2. The molecular formula is C73H75Cl3N6O9. The number of ketones is 9. The van der Waals surface area contributed by atoms with E-state index in [2.05, 4.69) is 44.5 Å². The van der Waals surface area contributed by atoms with Gasteiger partial charge in [-0.1, -0.05) is 194 Å². The SMILES string of the molecule is CCN(CC)CCCC(=O)c1ccc(CNC2=C(Cl)C(=O)c3ccccc3C2=O)cc1.CN(C)CCCC(=O)c1ccc(CNC2=C(Cl)C(=O)c3ccccc3C2=O)cc1.O=C(CCCN1CCCC1)c1ccc(CNC2=C(Cl)C(=O)c3ccccc3C2=O)cc1. The van der Waals surface area contributed by atoms with Crippen molar-refractivity contribution in [2.75, 3.05) is 59.9 Å². The van der Waals surface area contributed by atoms with Gasteiger partial charge in [-0.2, -0.15) is 0 Å². The Kier molecular flexibility index (Phi) is 25.0. The molecule has 18 heteroatoms. The van der Waals surface area contributed by atoms with E-state index in [1.165, 1.54) is 12.8 Å². The first-order valence-corrected chi connectivity index (χ1v) is 31.9. The van der Waals surface area contributed by atoms with Crippen molar-refractivity contribution < 1.29 is 43.2 Å². The molecule has 0 amide bonds. The van der Waals surface area contributed by atoms with Crippen LogP contribution in [0.15, 0.2) is 178 Å². The monoisotopic (exact) mass is 1280 g/mol. The Balaban J connectivity index is 0.000000176. The maximum atomic E-state index is 12.7. The molecule has 1 fully saturated rings. The highest BCUT2D eigenvalue weighted by atomic mass is 35.5. The van der Waals surface area contributed by atoms with Gasteiger partial charge in [0.2, 0.25) is 34.7 Å². The quantitative estimate of drug-likeness (QED) is 0.0433. The highest BCUT2D eigenvalue weighted by molar-refractivity contribution is 6.51. The van der Waals surface area contributed by atoms with Crippen LogP contribution in [-0.4, -0.2) is 127 Å². The lowest BCUT2D eigenvalue weighted by Crippen LogP contribution is -2.28. The predicted octanol–water partition coefficient (Wildman–Crippen LogP) is 12.8. The Labute approximate surface area is 546 Å². The number of hydrogen-bond donors (Lipinski definition) is 3. The van der Waals surface area contributed by atoms with Gasteiger partial charge in [0.1, 0.15) is 32.2 Å². The first-order valence-electron chi connectivity index (χ1n) is 30.8. The van der Waals surface area contributed by atoms with Crippen LogP contribution in [0.3, 0.4) is 0 Å². The summed E-state index contributed by atoms with van der Waals surface area (Å²) in [5, 5.41) is 8.73. The Morgan fingerprint density at radius 2 is 0.692 bits per heavy atom. The summed E-state index contributed by atoms with van der Waals surface area (Å²) >= 11 is 18.5. The topological polar surface area (TPSA) is 199 Å². The zero-order valence-corrected chi connectivity index (χ0v) is 54.0. The van der Waals surface area contributed by atoms with Crippen molar-refractivity contribution in [2.24, 2.45) is 0 Å². The van der Waals surface area contributed by atoms with Crippen LogP contribution >= 0.6 is 34.8 Å². The first-order chi connectivity index (χ1) is 43.9. The molecule has 1 aliphatic heterocycles. The fraction of sp³-hybridized carbons (Fsp3) is 0.301. The minimum atomic E-state index is -0.358. The summed E-state index contributed by atoms with van der Waals surface area (Å²) in [5.74, 6) is -1.55. The largest absolute Gasteiger partial charge is 0.376 e. The lowest BCUT2D eigenvalue weighted by Gasteiger charge is -2.19. The van der Waals surface area contributed by atoms with Crippen LogP contribution in [0, 0.1) is 0 Å². The molecule has 91 heavy (non-hydrogen) atoms. The summed E-state index contributed by atoms with van der Waals surface area (Å²) in [6.07, 6.45) is 6.64. The number of halogens is 3. The summed E-state index contributed by atoms with van der Waals surface area (Å²) in [7, 11) is 3.97. The minimum absolute atomic E-state index is 0.0894. The zero-order valence-electron chi connectivity index (χ0n) is 51.7. The standard InChI is InChI=1S/C25H25ClN2O3.C25H27ClN2O3.C23H23ClN2O3/c26-22-23(25(31)20-7-2-1-6-19(20)24(22)30)27-16-17-9-11-18(12-10-17)21(29)8-5-15-28-13-3-4-14-28;1-3-28(4-2)15-7-10-21(29)18-13-11-17(12-14-18)16-27-23-22(26)24(30)19-8-5-6-9-20(19)25(23)31;1-26(2)13-5-8-19(27)16-11-9-15(10-12-16)14-25-21-20(24)22(28)17-6-3-4-7-18(17)23(21)29/h1-2,6-7,9-12,27H,3-5,8,13-16H2;5-6,8-9,11-14,27H,3-4,7,10,15-16H2,1-2H3;3-4,6-7,9-12,25H,5,8,13-14H2,1-2H3. The molecule has 10 rings (SSSR count). The van der Waals surface area contributed by atoms with E-state index in [1.54, 1.807) is 97.1 Å². The summed E-state index contributed by atoms with van der Waals surface area (Å²) in [6, 6.07) is 41.9. The van der Waals surface area contributed by atoms with Gasteiger partial charge >= 0.3 is 0 Å². The number of Topliss-reactive ketones (excluding diaryl/α,β-unsaturated/α-hetero) is 9. The van der Waals surface area contributed by atoms with Gasteiger partial charge in [0.25, 0.3) is 0 Å². The third kappa shape index (κ3) is 17.8. The average molecular weight is 1290 g/mol. The molecule has 1 heterocycles. The van der Waals surface area contributed by atoms with Crippen molar-refractivity contribution in [1.29, 1.82) is 0 Å². The molecule has 0 aromatic heterocycles. The molecular weight excluding hydrogens is 1210 g/mol. The Morgan fingerprint density at radius 1 is 0.407 bits per heavy atom. The van der Waals surface area contributed by atoms with Gasteiger partial charge < -0.3 is 30.7 Å². The number of carbonyl (C=O) groups is 9. The predicted molar refractivity (Wildman–Crippen MR) is 357 cm³/mol. The molecule has 3 N–H and O–H groups in total. The number of hydrogen-bond acceptors (Lipinski definition) is 15. The number of likely N-dealkylation sites (tertiary alicyclic amines) is 1. The maximum Gasteiger partial charge on any atom is 0.211 e. The van der Waals surface area contributed by atoms with Crippen molar-refractivity contribution in [3.63, 3.8) is 0 Å². The zero-order chi connectivity index (χ0) is 65.1. The van der Waals surface area contributed by atoms with Crippen LogP contribution in [0.25, 0.3) is 0 Å². The molecule has 0 saturated carbocycles. The van der Waals surface area contributed by atoms with Gasteiger partial charge in [-0.05, 0) is 109 Å². The van der Waals surface area contributed by atoms with Gasteiger partial charge in [-0.3, -0.25) is 43.2 Å². The van der Waals surface area contributed by atoms with Crippen LogP contribution in [0.4, 0.5) is 0 Å². The summed E-state index contributed by atoms with van der Waals surface area (Å²) < 4.78 is 0. The van der Waals surface area contributed by atoms with Gasteiger partial charge in [-0.25, -0.2) is 0 Å². The fourth-order valence-electron chi connectivity index (χ4n) is 11.0. The van der Waals surface area contributed by atoms with Gasteiger partial charge in [0.15, 0.2) is 17.3 Å². The first kappa shape index (κ1) is 68.6. The Morgan fingerprint density at radius 3 is 0.989 bits per heavy atom. The third-order valence-electron chi connectivity index (χ3n) is 16.3. The summed E-state index contributed by atoms with van der Waals surface area (Å²) in [5.41, 5.74) is 7.08. The van der Waals surface area contributed by atoms with Crippen LogP contribution in [0.2, 0.25) is 0 Å². The number of rotatable bonds is 26. The molecule has 0 atom stereocenters. The molecule has 0 radical (unpaired) electrons. The van der Waals surface area contributed by atoms with Crippen LogP contribution in [0.5, 0.6) is 0 Å². The highest BCUT2D eigenvalue weighted by Crippen LogP contribution is 2.31. The number of allylic oxidation sites excluding steroid dienone is 6. The lowest BCUT2D eigenvalue weighted by atomic mass is 9.92. The van der Waals surface area contributed by atoms with Gasteiger partial charge in [-0.15, -0.1) is 0 Å². The van der Waals surface area contributed by atoms with E-state index in [0.717, 1.165) is 81.8 Å². The highest BCUT2D eigenvalue weighted by Gasteiger charge is 2.34. The fourth-order valence-corrected chi connectivity index (χ4v) is 11.7. The van der Waals surface area contributed by atoms with Crippen molar-refractivity contribution in [2.45, 2.75) is 84.8 Å². The number of carbonyl (C=O) groups excluding carboxylic acids is 9. The van der Waals surface area contributed by atoms with E-state index in [9.17, 15) is 43.2 Å². The van der Waals surface area contributed by atoms with E-state index < -0.39 is 0 Å². The van der Waals surface area contributed by atoms with Crippen molar-refractivity contribution in [3.05, 3.63) is 245 Å². The van der Waals surface area contributed by atoms with E-state index >= 15 is 0 Å². The summed E-state index contributed by atoms with van der Waals surface area (Å²) in [4.78, 5) is 119. The summed E-state index contributed by atoms with van der Waals surface area (Å²) in [6.45, 7) is 12.3. The van der Waals surface area contributed by atoms with E-state index in [0.29, 0.717) is 89.0 Å². The number of fused-ring (bicyclic) bond motifs is 3. The molecule has 15 nitrogen and oxygen atoms in total. The normalized spacial score (nSPS) is 14.6. The minimum Gasteiger partial charge on any atom is -0.376 e. The van der Waals surface area contributed by atoms with Crippen LogP contribution in [-0.2, 0) is 19.6 Å². The molecule has 3 aliphatic carbocycles. The maximum absolute atomic E-state index is 12.7. The van der Waals surface area contributed by atoms with Gasteiger partial charge in [0.05, 0.1) is 0 Å². The molecule has 6 aromatic rings. The molecule has 1 saturated heterocycles. The van der Waals surface area contributed by atoms with Crippen molar-refractivity contribution in [1.82, 2.24) is 30.7 Å². The molecule has 0 bridgehead atoms. The molecule has 6 aromatic carbocycles. The lowest BCUT2D eigenvalue weighted by molar-refractivity contribution is 0.0967. The van der Waals surface area contributed by atoms with E-state index in [-0.39, 0.29) is 84.2 Å². The molecule has 0 spiro atoms. The number of nitrogens with zero attached hydrogens (tertiary/aromatic N) is 3. The third-order valence-corrected chi connectivity index (χ3v) is 17.4. The van der Waals surface area contributed by atoms with Crippen LogP contribution in [0.1, 0.15) is 175 Å². The number of nitrogens with one attached hydrogen (secondary N) is 3. The second-order valence-corrected chi connectivity index (χ2v) is 23.9. The molecule has 4 aliphatic rings. The smallest absolute Gasteiger partial charge is 0.211 e. The average Bonchev–Trinajstić information content (AvgIpc) is 1.24. The molecule has 0 unspecified atom stereocenters. The van der Waals surface area contributed by atoms with Crippen LogP contribution < -0.4 is 16.0 Å². The van der Waals surface area contributed by atoms with Crippen molar-refractivity contribution >= 4 is 86.9 Å². The van der Waals surface area contributed by atoms with E-state index in [1.807, 2.05) is 62.6 Å². The molecule has 472 valence electrons. The van der Waals surface area contributed by atoms with Crippen molar-refractivity contribution in [3.8, 4) is 0 Å². The Hall–Kier alpha value is -8.28. The second-order valence-electron chi connectivity index (χ2n) is 22.8. The Bertz CT molecular complexity index is 3650. The number of benzene rings is 6. The van der Waals surface area contributed by atoms with Gasteiger partial charge in [0, 0.05) is 89.0 Å².